The third kappa shape index (κ3) is 2.26. The van der Waals surface area contributed by atoms with Gasteiger partial charge in [-0.15, -0.1) is 0 Å². The Morgan fingerprint density at radius 2 is 2.20 bits per heavy atom. The van der Waals surface area contributed by atoms with E-state index in [2.05, 4.69) is 9.88 Å². The van der Waals surface area contributed by atoms with Gasteiger partial charge in [0.25, 0.3) is 6.01 Å². The van der Waals surface area contributed by atoms with Crippen LogP contribution in [0.25, 0.3) is 11.1 Å². The van der Waals surface area contributed by atoms with Crippen molar-refractivity contribution in [2.75, 3.05) is 24.7 Å². The first-order valence-corrected chi connectivity index (χ1v) is 7.20. The number of hydrogen-bond acceptors (Lipinski definition) is 4. The molecule has 2 heterocycles. The molecule has 0 N–H and O–H groups in total. The van der Waals surface area contributed by atoms with Crippen molar-refractivity contribution in [2.45, 2.75) is 25.3 Å². The molecule has 5 heteroatoms. The van der Waals surface area contributed by atoms with E-state index in [1.165, 1.54) is 25.0 Å². The Hall–Kier alpha value is -1.62. The highest BCUT2D eigenvalue weighted by Gasteiger charge is 2.34. The molecule has 1 saturated carbocycles. The van der Waals surface area contributed by atoms with Crippen LogP contribution in [0, 0.1) is 11.7 Å². The fourth-order valence-electron chi connectivity index (χ4n) is 2.79. The summed E-state index contributed by atoms with van der Waals surface area (Å²) < 4.78 is 24.5. The first-order chi connectivity index (χ1) is 9.79. The van der Waals surface area contributed by atoms with Crippen molar-refractivity contribution >= 4 is 17.1 Å². The highest BCUT2D eigenvalue weighted by Crippen LogP contribution is 2.34. The van der Waals surface area contributed by atoms with E-state index in [1.54, 1.807) is 6.07 Å². The van der Waals surface area contributed by atoms with Gasteiger partial charge in [-0.25, -0.2) is 4.39 Å². The summed E-state index contributed by atoms with van der Waals surface area (Å²) in [5, 5.41) is 0. The van der Waals surface area contributed by atoms with Crippen molar-refractivity contribution in [1.29, 1.82) is 0 Å². The molecule has 1 unspecified atom stereocenters. The number of fused-ring (bicyclic) bond motifs is 1. The average molecular weight is 276 g/mol. The summed E-state index contributed by atoms with van der Waals surface area (Å²) in [7, 11) is 0. The molecule has 4 rings (SSSR count). The van der Waals surface area contributed by atoms with Gasteiger partial charge in [-0.1, -0.05) is 0 Å². The Morgan fingerprint density at radius 1 is 1.30 bits per heavy atom. The van der Waals surface area contributed by atoms with Gasteiger partial charge in [0, 0.05) is 31.2 Å². The Labute approximate surface area is 116 Å². The average Bonchev–Trinajstić information content (AvgIpc) is 2.99. The molecule has 1 atom stereocenters. The number of nitrogens with zero attached hydrogens (tertiary/aromatic N) is 2. The summed E-state index contributed by atoms with van der Waals surface area (Å²) in [5.74, 6) is 0.266. The Morgan fingerprint density at radius 3 is 2.95 bits per heavy atom. The molecule has 0 spiro atoms. The van der Waals surface area contributed by atoms with Gasteiger partial charge in [0.15, 0.2) is 5.58 Å². The van der Waals surface area contributed by atoms with Gasteiger partial charge in [-0.2, -0.15) is 4.98 Å². The summed E-state index contributed by atoms with van der Waals surface area (Å²) in [4.78, 5) is 6.69. The lowest BCUT2D eigenvalue weighted by molar-refractivity contribution is 0.186. The second kappa shape index (κ2) is 4.74. The minimum absolute atomic E-state index is 0.278. The third-order valence-corrected chi connectivity index (χ3v) is 4.05. The molecular formula is C15H17FN2O2. The lowest BCUT2D eigenvalue weighted by Gasteiger charge is -2.22. The topological polar surface area (TPSA) is 38.5 Å². The van der Waals surface area contributed by atoms with Gasteiger partial charge < -0.3 is 14.1 Å². The second-order valence-electron chi connectivity index (χ2n) is 5.72. The van der Waals surface area contributed by atoms with Crippen LogP contribution < -0.4 is 4.90 Å². The number of anilines is 1. The van der Waals surface area contributed by atoms with Gasteiger partial charge in [-0.05, 0) is 31.4 Å². The number of oxazole rings is 1. The van der Waals surface area contributed by atoms with Gasteiger partial charge in [0.05, 0.1) is 6.61 Å². The molecule has 4 nitrogen and oxygen atoms in total. The largest absolute Gasteiger partial charge is 0.423 e. The summed E-state index contributed by atoms with van der Waals surface area (Å²) in [6.07, 6.45) is 3.46. The van der Waals surface area contributed by atoms with Crippen molar-refractivity contribution in [3.63, 3.8) is 0 Å². The zero-order valence-corrected chi connectivity index (χ0v) is 11.2. The first kappa shape index (κ1) is 12.1. The molecule has 2 aromatic rings. The fraction of sp³-hybridized carbons (Fsp3) is 0.533. The van der Waals surface area contributed by atoms with E-state index in [-0.39, 0.29) is 5.82 Å². The standard InChI is InChI=1S/C15H17FN2O2/c16-11-1-4-14-13(7-11)17-15(20-14)18(12-2-3-12)8-10-5-6-19-9-10/h1,4,7,10,12H,2-3,5-6,8-9H2. The number of hydrogen-bond donors (Lipinski definition) is 0. The molecule has 2 aliphatic rings. The van der Waals surface area contributed by atoms with Crippen LogP contribution in [0.5, 0.6) is 0 Å². The van der Waals surface area contributed by atoms with Crippen LogP contribution in [0.15, 0.2) is 22.6 Å². The smallest absolute Gasteiger partial charge is 0.298 e. The molecule has 0 radical (unpaired) electrons. The maximum Gasteiger partial charge on any atom is 0.298 e. The molecular weight excluding hydrogens is 259 g/mol. The number of aromatic nitrogens is 1. The second-order valence-corrected chi connectivity index (χ2v) is 5.72. The van der Waals surface area contributed by atoms with Crippen LogP contribution >= 0.6 is 0 Å². The van der Waals surface area contributed by atoms with Crippen LogP contribution in [0.1, 0.15) is 19.3 Å². The Balaban J connectivity index is 1.63. The molecule has 1 aromatic heterocycles. The van der Waals surface area contributed by atoms with E-state index in [0.29, 0.717) is 29.1 Å². The zero-order valence-electron chi connectivity index (χ0n) is 11.2. The molecule has 106 valence electrons. The predicted octanol–water partition coefficient (Wildman–Crippen LogP) is 2.97. The minimum Gasteiger partial charge on any atom is -0.423 e. The summed E-state index contributed by atoms with van der Waals surface area (Å²) in [5.41, 5.74) is 1.24. The van der Waals surface area contributed by atoms with Gasteiger partial charge in [-0.3, -0.25) is 0 Å². The van der Waals surface area contributed by atoms with E-state index in [1.807, 2.05) is 0 Å². The van der Waals surface area contributed by atoms with Crippen LogP contribution in [-0.2, 0) is 4.74 Å². The van der Waals surface area contributed by atoms with Crippen molar-refractivity contribution in [2.24, 2.45) is 5.92 Å². The van der Waals surface area contributed by atoms with Crippen LogP contribution in [-0.4, -0.2) is 30.8 Å². The fourth-order valence-corrected chi connectivity index (χ4v) is 2.79. The van der Waals surface area contributed by atoms with Gasteiger partial charge in [0.2, 0.25) is 0 Å². The van der Waals surface area contributed by atoms with Gasteiger partial charge in [0.1, 0.15) is 11.3 Å². The zero-order chi connectivity index (χ0) is 13.5. The van der Waals surface area contributed by atoms with Crippen molar-refractivity contribution in [3.05, 3.63) is 24.0 Å². The van der Waals surface area contributed by atoms with E-state index in [9.17, 15) is 4.39 Å². The molecule has 1 aromatic carbocycles. The molecule has 1 saturated heterocycles. The SMILES string of the molecule is Fc1ccc2oc(N(CC3CCOC3)C3CC3)nc2c1. The number of rotatable bonds is 4. The molecule has 1 aliphatic heterocycles. The quantitative estimate of drug-likeness (QED) is 0.860. The van der Waals surface area contributed by atoms with E-state index < -0.39 is 0 Å². The first-order valence-electron chi connectivity index (χ1n) is 7.20. The molecule has 0 bridgehead atoms. The van der Waals surface area contributed by atoms with Crippen LogP contribution in [0.4, 0.5) is 10.4 Å². The summed E-state index contributed by atoms with van der Waals surface area (Å²) in [6, 6.07) is 5.62. The lowest BCUT2D eigenvalue weighted by atomic mass is 10.1. The van der Waals surface area contributed by atoms with Crippen LogP contribution in [0.2, 0.25) is 0 Å². The maximum absolute atomic E-state index is 13.2. The number of benzene rings is 1. The monoisotopic (exact) mass is 276 g/mol. The van der Waals surface area contributed by atoms with Crippen LogP contribution in [0.3, 0.4) is 0 Å². The highest BCUT2D eigenvalue weighted by molar-refractivity contribution is 5.74. The summed E-state index contributed by atoms with van der Waals surface area (Å²) in [6.45, 7) is 2.58. The molecule has 20 heavy (non-hydrogen) atoms. The van der Waals surface area contributed by atoms with Gasteiger partial charge >= 0.3 is 0 Å². The lowest BCUT2D eigenvalue weighted by Crippen LogP contribution is -2.32. The molecule has 1 aliphatic carbocycles. The number of ether oxygens (including phenoxy) is 1. The number of halogens is 1. The van der Waals surface area contributed by atoms with Crippen molar-refractivity contribution in [1.82, 2.24) is 4.98 Å². The Bertz CT molecular complexity index is 617. The third-order valence-electron chi connectivity index (χ3n) is 4.05. The Kier molecular flexibility index (Phi) is 2.88. The van der Waals surface area contributed by atoms with E-state index in [0.717, 1.165) is 26.2 Å². The van der Waals surface area contributed by atoms with Crippen molar-refractivity contribution < 1.29 is 13.5 Å². The maximum atomic E-state index is 13.2. The van der Waals surface area contributed by atoms with E-state index >= 15 is 0 Å². The normalized spacial score (nSPS) is 22.6. The molecule has 2 fully saturated rings. The molecule has 0 amide bonds. The highest BCUT2D eigenvalue weighted by atomic mass is 19.1. The van der Waals surface area contributed by atoms with Crippen molar-refractivity contribution in [3.8, 4) is 0 Å². The predicted molar refractivity (Wildman–Crippen MR) is 73.3 cm³/mol. The summed E-state index contributed by atoms with van der Waals surface area (Å²) >= 11 is 0. The minimum atomic E-state index is -0.278. The van der Waals surface area contributed by atoms with E-state index in [4.69, 9.17) is 9.15 Å².